The Hall–Kier alpha value is -2.77. The number of amides is 1. The van der Waals surface area contributed by atoms with E-state index in [0.717, 1.165) is 5.56 Å². The highest BCUT2D eigenvalue weighted by atomic mass is 35.5. The molecule has 0 aliphatic heterocycles. The second-order valence-corrected chi connectivity index (χ2v) is 5.19. The lowest BCUT2D eigenvalue weighted by Gasteiger charge is -2.09. The Morgan fingerprint density at radius 1 is 1.26 bits per heavy atom. The zero-order valence-corrected chi connectivity index (χ0v) is 13.5. The summed E-state index contributed by atoms with van der Waals surface area (Å²) in [5, 5.41) is 12.5. The molecule has 0 radical (unpaired) electrons. The number of carbonyl (C=O) groups excluding carboxylic acids is 1. The van der Waals surface area contributed by atoms with Crippen molar-refractivity contribution in [2.75, 3.05) is 12.4 Å². The number of nitrogens with zero attached hydrogens (tertiary/aromatic N) is 1. The van der Waals surface area contributed by atoms with Gasteiger partial charge in [-0.15, -0.1) is 0 Å². The van der Waals surface area contributed by atoms with Crippen LogP contribution < -0.4 is 10.1 Å². The number of nitrogens with one attached hydrogen (secondary N) is 1. The van der Waals surface area contributed by atoms with Crippen molar-refractivity contribution in [2.24, 2.45) is 0 Å². The second kappa shape index (κ2) is 7.48. The molecule has 0 saturated heterocycles. The number of halogens is 1. The van der Waals surface area contributed by atoms with E-state index in [1.54, 1.807) is 37.3 Å². The summed E-state index contributed by atoms with van der Waals surface area (Å²) in [6.07, 6.45) is 1.49. The second-order valence-electron chi connectivity index (χ2n) is 4.78. The number of ether oxygens (including phenoxy) is 1. The molecule has 116 valence electrons. The summed E-state index contributed by atoms with van der Waals surface area (Å²) in [5.74, 6) is 0.0933. The molecule has 4 nitrogen and oxygen atoms in total. The summed E-state index contributed by atoms with van der Waals surface area (Å²) in [6.45, 7) is 1.80. The predicted octanol–water partition coefficient (Wildman–Crippen LogP) is 4.20. The third kappa shape index (κ3) is 3.91. The number of methoxy groups -OCH3 is 1. The first kappa shape index (κ1) is 16.6. The van der Waals surface area contributed by atoms with Crippen molar-refractivity contribution in [1.82, 2.24) is 0 Å². The summed E-state index contributed by atoms with van der Waals surface area (Å²) in [6, 6.07) is 14.3. The molecule has 0 atom stereocenters. The van der Waals surface area contributed by atoms with E-state index in [2.05, 4.69) is 5.32 Å². The molecule has 5 heteroatoms. The van der Waals surface area contributed by atoms with Gasteiger partial charge in [0.25, 0.3) is 5.91 Å². The van der Waals surface area contributed by atoms with Crippen LogP contribution in [0.5, 0.6) is 5.75 Å². The van der Waals surface area contributed by atoms with E-state index < -0.39 is 5.91 Å². The maximum Gasteiger partial charge on any atom is 0.266 e. The molecule has 0 saturated carbocycles. The first-order chi connectivity index (χ1) is 11.1. The molecule has 23 heavy (non-hydrogen) atoms. The third-order valence-corrected chi connectivity index (χ3v) is 3.73. The number of hydrogen-bond acceptors (Lipinski definition) is 3. The van der Waals surface area contributed by atoms with E-state index >= 15 is 0 Å². The molecule has 0 heterocycles. The standard InChI is InChI=1S/C18H15ClN2O2/c1-12-15(19)7-5-8-16(12)21-18(22)14(11-20)10-13-6-3-4-9-17(13)23-2/h3-10H,1-2H3,(H,21,22). The van der Waals surface area contributed by atoms with Crippen molar-refractivity contribution in [3.63, 3.8) is 0 Å². The van der Waals surface area contributed by atoms with Crippen LogP contribution in [0.2, 0.25) is 5.02 Å². The van der Waals surface area contributed by atoms with Gasteiger partial charge in [-0.05, 0) is 36.8 Å². The van der Waals surface area contributed by atoms with Crippen LogP contribution in [0, 0.1) is 18.3 Å². The van der Waals surface area contributed by atoms with Crippen molar-refractivity contribution in [3.05, 3.63) is 64.2 Å². The number of rotatable bonds is 4. The zero-order valence-electron chi connectivity index (χ0n) is 12.8. The summed E-state index contributed by atoms with van der Waals surface area (Å²) >= 11 is 6.03. The van der Waals surface area contributed by atoms with Crippen molar-refractivity contribution < 1.29 is 9.53 Å². The number of benzene rings is 2. The van der Waals surface area contributed by atoms with Crippen LogP contribution in [0.4, 0.5) is 5.69 Å². The Morgan fingerprint density at radius 3 is 2.70 bits per heavy atom. The fourth-order valence-electron chi connectivity index (χ4n) is 2.02. The van der Waals surface area contributed by atoms with Gasteiger partial charge in [-0.25, -0.2) is 0 Å². The highest BCUT2D eigenvalue weighted by Gasteiger charge is 2.12. The average molecular weight is 327 g/mol. The minimum atomic E-state index is -0.497. The molecule has 0 fully saturated rings. The van der Waals surface area contributed by atoms with Gasteiger partial charge in [-0.1, -0.05) is 35.9 Å². The summed E-state index contributed by atoms with van der Waals surface area (Å²) in [7, 11) is 1.54. The Labute approximate surface area is 140 Å². The number of carbonyl (C=O) groups is 1. The predicted molar refractivity (Wildman–Crippen MR) is 91.4 cm³/mol. The van der Waals surface area contributed by atoms with Crippen LogP contribution in [0.3, 0.4) is 0 Å². The van der Waals surface area contributed by atoms with Gasteiger partial charge in [0.15, 0.2) is 0 Å². The molecule has 0 bridgehead atoms. The molecular weight excluding hydrogens is 312 g/mol. The lowest BCUT2D eigenvalue weighted by Crippen LogP contribution is -2.14. The molecule has 2 aromatic rings. The van der Waals surface area contributed by atoms with Crippen LogP contribution >= 0.6 is 11.6 Å². The highest BCUT2D eigenvalue weighted by molar-refractivity contribution is 6.31. The van der Waals surface area contributed by atoms with E-state index in [9.17, 15) is 10.1 Å². The van der Waals surface area contributed by atoms with Crippen LogP contribution in [0.1, 0.15) is 11.1 Å². The Balaban J connectivity index is 2.31. The fraction of sp³-hybridized carbons (Fsp3) is 0.111. The van der Waals surface area contributed by atoms with E-state index in [1.165, 1.54) is 13.2 Å². The third-order valence-electron chi connectivity index (χ3n) is 3.32. The van der Waals surface area contributed by atoms with Crippen LogP contribution in [-0.4, -0.2) is 13.0 Å². The lowest BCUT2D eigenvalue weighted by molar-refractivity contribution is -0.112. The van der Waals surface area contributed by atoms with Gasteiger partial charge in [-0.2, -0.15) is 5.26 Å². The SMILES string of the molecule is COc1ccccc1C=C(C#N)C(=O)Nc1cccc(Cl)c1C. The first-order valence-corrected chi connectivity index (χ1v) is 7.26. The number of hydrogen-bond donors (Lipinski definition) is 1. The van der Waals surface area contributed by atoms with E-state index in [4.69, 9.17) is 16.3 Å². The Kier molecular flexibility index (Phi) is 5.40. The maximum absolute atomic E-state index is 12.3. The van der Waals surface area contributed by atoms with Crippen molar-refractivity contribution in [1.29, 1.82) is 5.26 Å². The van der Waals surface area contributed by atoms with Gasteiger partial charge in [-0.3, -0.25) is 4.79 Å². The average Bonchev–Trinajstić information content (AvgIpc) is 2.57. The summed E-state index contributed by atoms with van der Waals surface area (Å²) in [5.41, 5.74) is 1.96. The summed E-state index contributed by atoms with van der Waals surface area (Å²) in [4.78, 5) is 12.3. The minimum Gasteiger partial charge on any atom is -0.496 e. The largest absolute Gasteiger partial charge is 0.496 e. The van der Waals surface area contributed by atoms with Crippen molar-refractivity contribution in [3.8, 4) is 11.8 Å². The van der Waals surface area contributed by atoms with Gasteiger partial charge < -0.3 is 10.1 Å². The maximum atomic E-state index is 12.3. The van der Waals surface area contributed by atoms with Crippen LogP contribution in [0.15, 0.2) is 48.0 Å². The summed E-state index contributed by atoms with van der Waals surface area (Å²) < 4.78 is 5.22. The van der Waals surface area contributed by atoms with Gasteiger partial charge in [0, 0.05) is 16.3 Å². The Morgan fingerprint density at radius 2 is 2.00 bits per heavy atom. The number of nitriles is 1. The highest BCUT2D eigenvalue weighted by Crippen LogP contribution is 2.24. The molecule has 1 N–H and O–H groups in total. The van der Waals surface area contributed by atoms with Gasteiger partial charge in [0.2, 0.25) is 0 Å². The Bertz CT molecular complexity index is 807. The number of para-hydroxylation sites is 1. The normalized spacial score (nSPS) is 10.8. The van der Waals surface area contributed by atoms with E-state index in [1.807, 2.05) is 18.2 Å². The molecule has 0 aromatic heterocycles. The zero-order chi connectivity index (χ0) is 16.8. The van der Waals surface area contributed by atoms with E-state index in [-0.39, 0.29) is 5.57 Å². The van der Waals surface area contributed by atoms with E-state index in [0.29, 0.717) is 22.0 Å². The molecular formula is C18H15ClN2O2. The molecule has 2 rings (SSSR count). The quantitative estimate of drug-likeness (QED) is 0.676. The van der Waals surface area contributed by atoms with Crippen LogP contribution in [-0.2, 0) is 4.79 Å². The fourth-order valence-corrected chi connectivity index (χ4v) is 2.20. The van der Waals surface area contributed by atoms with Gasteiger partial charge in [0.1, 0.15) is 17.4 Å². The topological polar surface area (TPSA) is 62.1 Å². The number of anilines is 1. The lowest BCUT2D eigenvalue weighted by atomic mass is 10.1. The molecule has 0 aliphatic rings. The van der Waals surface area contributed by atoms with Gasteiger partial charge >= 0.3 is 0 Å². The van der Waals surface area contributed by atoms with Crippen molar-refractivity contribution in [2.45, 2.75) is 6.92 Å². The monoisotopic (exact) mass is 326 g/mol. The van der Waals surface area contributed by atoms with Gasteiger partial charge in [0.05, 0.1) is 7.11 Å². The molecule has 2 aromatic carbocycles. The molecule has 0 aliphatic carbocycles. The first-order valence-electron chi connectivity index (χ1n) is 6.88. The molecule has 1 amide bonds. The smallest absolute Gasteiger partial charge is 0.266 e. The molecule has 0 unspecified atom stereocenters. The van der Waals surface area contributed by atoms with Crippen molar-refractivity contribution >= 4 is 29.3 Å². The minimum absolute atomic E-state index is 0.0196. The molecule has 0 spiro atoms. The van der Waals surface area contributed by atoms with Crippen LogP contribution in [0.25, 0.3) is 6.08 Å².